The number of nitrogens with zero attached hydrogens (tertiary/aromatic N) is 1. The second-order valence-electron chi connectivity index (χ2n) is 7.01. The lowest BCUT2D eigenvalue weighted by Gasteiger charge is -2.26. The van der Waals surface area contributed by atoms with E-state index < -0.39 is 10.0 Å². The molecule has 0 radical (unpaired) electrons. The van der Waals surface area contributed by atoms with E-state index in [0.29, 0.717) is 13.0 Å². The topological polar surface area (TPSA) is 66.5 Å². The highest BCUT2D eigenvalue weighted by Gasteiger charge is 2.20. The van der Waals surface area contributed by atoms with Crippen LogP contribution < -0.4 is 4.72 Å². The summed E-state index contributed by atoms with van der Waals surface area (Å²) < 4.78 is 27.2. The Kier molecular flexibility index (Phi) is 5.47. The van der Waals surface area contributed by atoms with Gasteiger partial charge in [0, 0.05) is 26.1 Å². The highest BCUT2D eigenvalue weighted by molar-refractivity contribution is 7.89. The van der Waals surface area contributed by atoms with Crippen molar-refractivity contribution in [3.8, 4) is 0 Å². The van der Waals surface area contributed by atoms with Crippen molar-refractivity contribution in [2.75, 3.05) is 19.6 Å². The summed E-state index contributed by atoms with van der Waals surface area (Å²) in [6.45, 7) is 7.66. The summed E-state index contributed by atoms with van der Waals surface area (Å²) in [7, 11) is -3.53. The predicted octanol–water partition coefficient (Wildman–Crippen LogP) is 2.27. The molecule has 0 spiro atoms. The molecule has 2 rings (SSSR count). The Morgan fingerprint density at radius 1 is 1.13 bits per heavy atom. The van der Waals surface area contributed by atoms with Crippen molar-refractivity contribution in [3.63, 3.8) is 0 Å². The van der Waals surface area contributed by atoms with Crippen molar-refractivity contribution in [1.82, 2.24) is 9.62 Å². The third-order valence-corrected chi connectivity index (χ3v) is 5.60. The van der Waals surface area contributed by atoms with Gasteiger partial charge in [-0.1, -0.05) is 32.9 Å². The van der Waals surface area contributed by atoms with Crippen molar-refractivity contribution in [3.05, 3.63) is 29.8 Å². The number of carbonyl (C=O) groups is 1. The smallest absolute Gasteiger partial charge is 0.240 e. The summed E-state index contributed by atoms with van der Waals surface area (Å²) in [4.78, 5) is 13.7. The molecule has 1 aliphatic rings. The van der Waals surface area contributed by atoms with E-state index in [-0.39, 0.29) is 22.8 Å². The van der Waals surface area contributed by atoms with Crippen molar-refractivity contribution in [2.24, 2.45) is 0 Å². The van der Waals surface area contributed by atoms with Gasteiger partial charge in [0.1, 0.15) is 0 Å². The second kappa shape index (κ2) is 7.01. The predicted molar refractivity (Wildman–Crippen MR) is 90.8 cm³/mol. The number of likely N-dealkylation sites (tertiary alicyclic amines) is 1. The molecule has 23 heavy (non-hydrogen) atoms. The molecule has 5 nitrogen and oxygen atoms in total. The standard InChI is InChI=1S/C17H26N2O3S/c1-17(2,3)14-7-9-15(10-8-14)23(21,22)18-11-13-19-12-5-4-6-16(19)20/h7-10,18H,4-6,11-13H2,1-3H3. The number of hydrogen-bond donors (Lipinski definition) is 1. The Hall–Kier alpha value is -1.40. The average Bonchev–Trinajstić information content (AvgIpc) is 2.48. The van der Waals surface area contributed by atoms with Gasteiger partial charge >= 0.3 is 0 Å². The summed E-state index contributed by atoms with van der Waals surface area (Å²) in [5, 5.41) is 0. The summed E-state index contributed by atoms with van der Waals surface area (Å²) >= 11 is 0. The maximum absolute atomic E-state index is 12.3. The van der Waals surface area contributed by atoms with E-state index in [4.69, 9.17) is 0 Å². The molecule has 1 fully saturated rings. The lowest BCUT2D eigenvalue weighted by molar-refractivity contribution is -0.133. The Bertz CT molecular complexity index is 645. The molecule has 128 valence electrons. The van der Waals surface area contributed by atoms with Gasteiger partial charge in [0.05, 0.1) is 4.90 Å². The Morgan fingerprint density at radius 2 is 1.78 bits per heavy atom. The molecule has 1 heterocycles. The molecule has 0 bridgehead atoms. The normalized spacial score (nSPS) is 16.7. The van der Waals surface area contributed by atoms with Crippen LogP contribution in [0.2, 0.25) is 0 Å². The molecule has 0 unspecified atom stereocenters. The van der Waals surface area contributed by atoms with Crippen LogP contribution in [0.1, 0.15) is 45.6 Å². The fourth-order valence-electron chi connectivity index (χ4n) is 2.63. The van der Waals surface area contributed by atoms with Crippen LogP contribution in [0.5, 0.6) is 0 Å². The molecule has 1 saturated heterocycles. The van der Waals surface area contributed by atoms with E-state index in [2.05, 4.69) is 25.5 Å². The lowest BCUT2D eigenvalue weighted by atomic mass is 9.87. The third kappa shape index (κ3) is 4.78. The fraction of sp³-hybridized carbons (Fsp3) is 0.588. The molecule has 6 heteroatoms. The Balaban J connectivity index is 1.95. The molecule has 1 amide bonds. The average molecular weight is 338 g/mol. The number of rotatable bonds is 5. The van der Waals surface area contributed by atoms with Gasteiger partial charge in [-0.2, -0.15) is 0 Å². The van der Waals surface area contributed by atoms with Crippen LogP contribution in [0.25, 0.3) is 0 Å². The van der Waals surface area contributed by atoms with Gasteiger partial charge in [-0.05, 0) is 36.0 Å². The zero-order chi connectivity index (χ0) is 17.1. The quantitative estimate of drug-likeness (QED) is 0.895. The summed E-state index contributed by atoms with van der Waals surface area (Å²) in [5.41, 5.74) is 1.08. The lowest BCUT2D eigenvalue weighted by Crippen LogP contribution is -2.41. The summed E-state index contributed by atoms with van der Waals surface area (Å²) in [5.74, 6) is 0.116. The highest BCUT2D eigenvalue weighted by Crippen LogP contribution is 2.23. The van der Waals surface area contributed by atoms with Crippen LogP contribution in [0, 0.1) is 0 Å². The van der Waals surface area contributed by atoms with Crippen LogP contribution in [-0.2, 0) is 20.2 Å². The monoisotopic (exact) mass is 338 g/mol. The van der Waals surface area contributed by atoms with Crippen LogP contribution in [0.4, 0.5) is 0 Å². The summed E-state index contributed by atoms with van der Waals surface area (Å²) in [6, 6.07) is 6.97. The first-order valence-electron chi connectivity index (χ1n) is 8.08. The van der Waals surface area contributed by atoms with Crippen LogP contribution in [-0.4, -0.2) is 38.9 Å². The first-order valence-corrected chi connectivity index (χ1v) is 9.56. The van der Waals surface area contributed by atoms with Crippen molar-refractivity contribution in [2.45, 2.75) is 50.3 Å². The number of sulfonamides is 1. The van der Waals surface area contributed by atoms with Crippen LogP contribution in [0.15, 0.2) is 29.2 Å². The maximum Gasteiger partial charge on any atom is 0.240 e. The molecule has 0 atom stereocenters. The number of hydrogen-bond acceptors (Lipinski definition) is 3. The van der Waals surface area contributed by atoms with Gasteiger partial charge in [-0.25, -0.2) is 13.1 Å². The SMILES string of the molecule is CC(C)(C)c1ccc(S(=O)(=O)NCCN2CCCCC2=O)cc1. The van der Waals surface area contributed by atoms with Crippen LogP contribution in [0.3, 0.4) is 0 Å². The Morgan fingerprint density at radius 3 is 2.35 bits per heavy atom. The van der Waals surface area contributed by atoms with Gasteiger partial charge in [-0.15, -0.1) is 0 Å². The molecule has 1 aromatic rings. The van der Waals surface area contributed by atoms with E-state index in [1.165, 1.54) is 0 Å². The highest BCUT2D eigenvalue weighted by atomic mass is 32.2. The van der Waals surface area contributed by atoms with Crippen LogP contribution >= 0.6 is 0 Å². The Labute approximate surface area is 139 Å². The minimum Gasteiger partial charge on any atom is -0.341 e. The van der Waals surface area contributed by atoms with Gasteiger partial charge in [-0.3, -0.25) is 4.79 Å². The van der Waals surface area contributed by atoms with Crippen molar-refractivity contribution in [1.29, 1.82) is 0 Å². The van der Waals surface area contributed by atoms with Gasteiger partial charge in [0.2, 0.25) is 15.9 Å². The molecular formula is C17H26N2O3S. The zero-order valence-corrected chi connectivity index (χ0v) is 14.9. The third-order valence-electron chi connectivity index (χ3n) is 4.13. The first-order chi connectivity index (χ1) is 10.7. The molecule has 1 N–H and O–H groups in total. The van der Waals surface area contributed by atoms with E-state index >= 15 is 0 Å². The minimum atomic E-state index is -3.53. The maximum atomic E-state index is 12.3. The number of benzene rings is 1. The number of nitrogens with one attached hydrogen (secondary N) is 1. The van der Waals surface area contributed by atoms with E-state index in [0.717, 1.165) is 24.9 Å². The van der Waals surface area contributed by atoms with Gasteiger partial charge in [0.15, 0.2) is 0 Å². The molecular weight excluding hydrogens is 312 g/mol. The molecule has 0 aromatic heterocycles. The van der Waals surface area contributed by atoms with E-state index in [9.17, 15) is 13.2 Å². The fourth-order valence-corrected chi connectivity index (χ4v) is 3.65. The summed E-state index contributed by atoms with van der Waals surface area (Å²) in [6.07, 6.45) is 2.49. The molecule has 1 aliphatic heterocycles. The van der Waals surface area contributed by atoms with E-state index in [1.807, 2.05) is 12.1 Å². The largest absolute Gasteiger partial charge is 0.341 e. The van der Waals surface area contributed by atoms with Crippen molar-refractivity contribution < 1.29 is 13.2 Å². The van der Waals surface area contributed by atoms with E-state index in [1.54, 1.807) is 17.0 Å². The minimum absolute atomic E-state index is 0.00958. The number of piperidine rings is 1. The first kappa shape index (κ1) is 17.9. The molecule has 1 aromatic carbocycles. The van der Waals surface area contributed by atoms with Gasteiger partial charge < -0.3 is 4.90 Å². The molecule has 0 saturated carbocycles. The molecule has 0 aliphatic carbocycles. The number of carbonyl (C=O) groups excluding carboxylic acids is 1. The van der Waals surface area contributed by atoms with Crippen molar-refractivity contribution >= 4 is 15.9 Å². The number of amides is 1. The van der Waals surface area contributed by atoms with Gasteiger partial charge in [0.25, 0.3) is 0 Å². The zero-order valence-electron chi connectivity index (χ0n) is 14.1. The second-order valence-corrected chi connectivity index (χ2v) is 8.78.